The van der Waals surface area contributed by atoms with Gasteiger partial charge < -0.3 is 20.5 Å². The van der Waals surface area contributed by atoms with E-state index in [4.69, 9.17) is 17.3 Å². The van der Waals surface area contributed by atoms with Crippen molar-refractivity contribution in [3.05, 3.63) is 65.1 Å². The first-order chi connectivity index (χ1) is 15.0. The van der Waals surface area contributed by atoms with E-state index in [9.17, 15) is 9.59 Å². The van der Waals surface area contributed by atoms with Gasteiger partial charge in [-0.1, -0.05) is 17.7 Å². The first kappa shape index (κ1) is 19.3. The Hall–Kier alpha value is -3.65. The largest absolute Gasteiger partial charge is 0.383 e. The summed E-state index contributed by atoms with van der Waals surface area (Å²) in [4.78, 5) is 40.3. The summed E-state index contributed by atoms with van der Waals surface area (Å²) in [6.07, 6.45) is 1.43. The van der Waals surface area contributed by atoms with Gasteiger partial charge in [-0.2, -0.15) is 0 Å². The Morgan fingerprint density at radius 1 is 1.13 bits per heavy atom. The lowest BCUT2D eigenvalue weighted by atomic mass is 10.1. The molecule has 0 atom stereocenters. The van der Waals surface area contributed by atoms with Crippen LogP contribution in [0.25, 0.3) is 21.8 Å². The van der Waals surface area contributed by atoms with Gasteiger partial charge in [0.2, 0.25) is 5.91 Å². The second kappa shape index (κ2) is 7.55. The van der Waals surface area contributed by atoms with E-state index >= 15 is 0 Å². The van der Waals surface area contributed by atoms with Crippen molar-refractivity contribution in [2.75, 3.05) is 25.4 Å². The summed E-state index contributed by atoms with van der Waals surface area (Å²) in [6, 6.07) is 12.9. The third-order valence-corrected chi connectivity index (χ3v) is 5.76. The van der Waals surface area contributed by atoms with Gasteiger partial charge in [0, 0.05) is 40.9 Å². The average molecular weight is 435 g/mol. The second-order valence-corrected chi connectivity index (χ2v) is 8.00. The first-order valence-electron chi connectivity index (χ1n) is 9.82. The van der Waals surface area contributed by atoms with Crippen molar-refractivity contribution in [1.82, 2.24) is 24.8 Å². The van der Waals surface area contributed by atoms with Crippen molar-refractivity contribution in [3.8, 4) is 0 Å². The van der Waals surface area contributed by atoms with Gasteiger partial charge in [-0.25, -0.2) is 9.97 Å². The number of anilines is 1. The first-order valence-corrected chi connectivity index (χ1v) is 10.2. The average Bonchev–Trinajstić information content (AvgIpc) is 3.18. The molecule has 5 rings (SSSR count). The Balaban J connectivity index is 1.28. The molecule has 4 aromatic rings. The van der Waals surface area contributed by atoms with Crippen molar-refractivity contribution in [1.29, 1.82) is 0 Å². The van der Waals surface area contributed by atoms with E-state index in [0.29, 0.717) is 36.2 Å². The lowest BCUT2D eigenvalue weighted by molar-refractivity contribution is -0.135. The number of H-pyrrole nitrogens is 1. The number of nitrogens with two attached hydrogens (primary N) is 1. The lowest BCUT2D eigenvalue weighted by Crippen LogP contribution is -2.51. The number of nitrogens with zero attached hydrogens (tertiary/aromatic N) is 4. The number of aromatic amines is 1. The zero-order valence-electron chi connectivity index (χ0n) is 16.5. The van der Waals surface area contributed by atoms with E-state index in [1.54, 1.807) is 28.0 Å². The number of amides is 2. The quantitative estimate of drug-likeness (QED) is 0.515. The topological polar surface area (TPSA) is 108 Å². The number of benzene rings is 2. The van der Waals surface area contributed by atoms with Gasteiger partial charge >= 0.3 is 0 Å². The number of rotatable bonds is 3. The SMILES string of the molecule is Nc1ncnc2cc(CN3CCN(C(=O)c4cc5cc(Cl)ccc5[nH]4)CC3=O)ccc12. The maximum absolute atomic E-state index is 12.9. The highest BCUT2D eigenvalue weighted by Crippen LogP contribution is 2.22. The molecule has 3 heterocycles. The summed E-state index contributed by atoms with van der Waals surface area (Å²) in [5, 5.41) is 2.26. The lowest BCUT2D eigenvalue weighted by Gasteiger charge is -2.34. The molecule has 3 N–H and O–H groups in total. The van der Waals surface area contributed by atoms with Crippen molar-refractivity contribution < 1.29 is 9.59 Å². The fraction of sp³-hybridized carbons (Fsp3) is 0.182. The van der Waals surface area contributed by atoms with Crippen LogP contribution in [0.4, 0.5) is 5.82 Å². The van der Waals surface area contributed by atoms with Crippen LogP contribution in [0, 0.1) is 0 Å². The summed E-state index contributed by atoms with van der Waals surface area (Å²) in [7, 11) is 0. The Bertz CT molecular complexity index is 1330. The molecular formula is C22H19ClN6O2. The maximum Gasteiger partial charge on any atom is 0.270 e. The molecule has 2 aromatic heterocycles. The van der Waals surface area contributed by atoms with Crippen molar-refractivity contribution in [2.24, 2.45) is 0 Å². The van der Waals surface area contributed by atoms with Crippen molar-refractivity contribution in [2.45, 2.75) is 6.54 Å². The standard InChI is InChI=1S/C22H19ClN6O2/c23-15-2-4-17-14(8-15)9-19(27-17)22(31)29-6-5-28(20(30)11-29)10-13-1-3-16-18(7-13)25-12-26-21(16)24/h1-4,7-9,12,27H,5-6,10-11H2,(H2,24,25,26). The number of carbonyl (C=O) groups excluding carboxylic acids is 2. The molecule has 0 spiro atoms. The Kier molecular flexibility index (Phi) is 4.71. The molecular weight excluding hydrogens is 416 g/mol. The van der Waals surface area contributed by atoms with Crippen LogP contribution in [0.2, 0.25) is 5.02 Å². The molecule has 156 valence electrons. The summed E-state index contributed by atoms with van der Waals surface area (Å²) in [5.74, 6) is 0.137. The third kappa shape index (κ3) is 3.66. The van der Waals surface area contributed by atoms with Crippen LogP contribution in [0.1, 0.15) is 16.1 Å². The predicted molar refractivity (Wildman–Crippen MR) is 119 cm³/mol. The zero-order valence-corrected chi connectivity index (χ0v) is 17.3. The van der Waals surface area contributed by atoms with E-state index in [1.165, 1.54) is 6.33 Å². The number of hydrogen-bond acceptors (Lipinski definition) is 5. The van der Waals surface area contributed by atoms with Gasteiger partial charge in [-0.15, -0.1) is 0 Å². The van der Waals surface area contributed by atoms with Crippen LogP contribution >= 0.6 is 11.6 Å². The van der Waals surface area contributed by atoms with Crippen LogP contribution in [0.15, 0.2) is 48.8 Å². The molecule has 0 radical (unpaired) electrons. The van der Waals surface area contributed by atoms with E-state index < -0.39 is 0 Å². The molecule has 0 unspecified atom stereocenters. The van der Waals surface area contributed by atoms with E-state index in [1.807, 2.05) is 24.3 Å². The smallest absolute Gasteiger partial charge is 0.270 e. The fourth-order valence-electron chi connectivity index (χ4n) is 3.88. The van der Waals surface area contributed by atoms with Crippen LogP contribution in [-0.4, -0.2) is 56.2 Å². The van der Waals surface area contributed by atoms with E-state index in [0.717, 1.165) is 27.4 Å². The third-order valence-electron chi connectivity index (χ3n) is 5.52. The molecule has 1 saturated heterocycles. The highest BCUT2D eigenvalue weighted by molar-refractivity contribution is 6.31. The molecule has 0 aliphatic carbocycles. The number of fused-ring (bicyclic) bond motifs is 2. The molecule has 1 aliphatic heterocycles. The number of piperazine rings is 1. The number of nitrogens with one attached hydrogen (secondary N) is 1. The predicted octanol–water partition coefficient (Wildman–Crippen LogP) is 2.83. The van der Waals surface area contributed by atoms with E-state index in [2.05, 4.69) is 15.0 Å². The van der Waals surface area contributed by atoms with Crippen LogP contribution < -0.4 is 5.73 Å². The van der Waals surface area contributed by atoms with Crippen LogP contribution in [0.5, 0.6) is 0 Å². The molecule has 1 aliphatic rings. The minimum Gasteiger partial charge on any atom is -0.383 e. The minimum absolute atomic E-state index is 0.0393. The normalized spacial score (nSPS) is 14.5. The number of halogens is 1. The van der Waals surface area contributed by atoms with E-state index in [-0.39, 0.29) is 18.4 Å². The molecule has 1 fully saturated rings. The number of hydrogen-bond donors (Lipinski definition) is 2. The number of aromatic nitrogens is 3. The van der Waals surface area contributed by atoms with Crippen molar-refractivity contribution in [3.63, 3.8) is 0 Å². The number of nitrogen functional groups attached to an aromatic ring is 1. The summed E-state index contributed by atoms with van der Waals surface area (Å²) >= 11 is 6.03. The molecule has 2 aromatic carbocycles. The van der Waals surface area contributed by atoms with Gasteiger partial charge in [0.05, 0.1) is 5.52 Å². The zero-order chi connectivity index (χ0) is 21.5. The van der Waals surface area contributed by atoms with Gasteiger partial charge in [-0.05, 0) is 42.0 Å². The highest BCUT2D eigenvalue weighted by Gasteiger charge is 2.28. The molecule has 8 nitrogen and oxygen atoms in total. The van der Waals surface area contributed by atoms with Crippen LogP contribution in [0.3, 0.4) is 0 Å². The Morgan fingerprint density at radius 2 is 2.00 bits per heavy atom. The van der Waals surface area contributed by atoms with Gasteiger partial charge in [0.1, 0.15) is 24.4 Å². The summed E-state index contributed by atoms with van der Waals surface area (Å²) in [5.41, 5.74) is 8.85. The van der Waals surface area contributed by atoms with Gasteiger partial charge in [-0.3, -0.25) is 9.59 Å². The summed E-state index contributed by atoms with van der Waals surface area (Å²) in [6.45, 7) is 1.41. The maximum atomic E-state index is 12.9. The Labute approximate surface area is 182 Å². The molecule has 0 saturated carbocycles. The second-order valence-electron chi connectivity index (χ2n) is 7.57. The van der Waals surface area contributed by atoms with Gasteiger partial charge in [0.25, 0.3) is 5.91 Å². The monoisotopic (exact) mass is 434 g/mol. The van der Waals surface area contributed by atoms with Crippen LogP contribution in [-0.2, 0) is 11.3 Å². The minimum atomic E-state index is -0.196. The number of carbonyl (C=O) groups is 2. The molecule has 9 heteroatoms. The highest BCUT2D eigenvalue weighted by atomic mass is 35.5. The molecule has 31 heavy (non-hydrogen) atoms. The summed E-state index contributed by atoms with van der Waals surface area (Å²) < 4.78 is 0. The van der Waals surface area contributed by atoms with Crippen molar-refractivity contribution >= 4 is 51.0 Å². The Morgan fingerprint density at radius 3 is 2.84 bits per heavy atom. The fourth-order valence-corrected chi connectivity index (χ4v) is 4.06. The van der Waals surface area contributed by atoms with Gasteiger partial charge in [0.15, 0.2) is 0 Å². The molecule has 2 amide bonds. The molecule has 0 bridgehead atoms.